The van der Waals surface area contributed by atoms with Gasteiger partial charge < -0.3 is 14.8 Å². The van der Waals surface area contributed by atoms with Crippen LogP contribution in [-0.2, 0) is 0 Å². The molecule has 0 spiro atoms. The van der Waals surface area contributed by atoms with Gasteiger partial charge in [-0.1, -0.05) is 34.9 Å². The molecule has 2 heterocycles. The van der Waals surface area contributed by atoms with E-state index in [1.807, 2.05) is 19.9 Å². The molecule has 27 heavy (non-hydrogen) atoms. The monoisotopic (exact) mass is 430 g/mol. The number of nitrogens with zero attached hydrogens (tertiary/aromatic N) is 2. The summed E-state index contributed by atoms with van der Waals surface area (Å²) < 4.78 is 6.19. The fraction of sp³-hybridized carbons (Fsp3) is 0.368. The third-order valence-electron chi connectivity index (χ3n) is 4.66. The zero-order valence-corrected chi connectivity index (χ0v) is 16.5. The summed E-state index contributed by atoms with van der Waals surface area (Å²) in [6.07, 6.45) is 2.15. The molecule has 1 saturated carbocycles. The topological polar surface area (TPSA) is 101 Å². The molecule has 1 fully saturated rings. The Kier molecular flexibility index (Phi) is 4.59. The number of amides is 1. The zero-order chi connectivity index (χ0) is 19.1. The number of aromatic amines is 1. The molecule has 0 radical (unpaired) electrons. The van der Waals surface area contributed by atoms with Crippen molar-refractivity contribution in [2.24, 2.45) is 5.92 Å². The van der Waals surface area contributed by atoms with Gasteiger partial charge in [-0.05, 0) is 37.0 Å². The van der Waals surface area contributed by atoms with E-state index in [2.05, 4.69) is 36.4 Å². The van der Waals surface area contributed by atoms with Gasteiger partial charge in [-0.2, -0.15) is 4.98 Å². The zero-order valence-electron chi connectivity index (χ0n) is 15.0. The number of carbonyl (C=O) groups excluding carboxylic acids is 1. The van der Waals surface area contributed by atoms with Crippen LogP contribution in [0.15, 0.2) is 38.1 Å². The summed E-state index contributed by atoms with van der Waals surface area (Å²) in [5.74, 6) is 1.13. The number of hydrogen-bond acceptors (Lipinski definition) is 5. The molecule has 2 N–H and O–H groups in total. The molecular formula is C19H19BrN4O3. The fourth-order valence-electron chi connectivity index (χ4n) is 2.96. The largest absolute Gasteiger partial charge is 0.350 e. The van der Waals surface area contributed by atoms with Crippen molar-refractivity contribution in [2.45, 2.75) is 38.6 Å². The highest BCUT2D eigenvalue weighted by molar-refractivity contribution is 9.10. The molecule has 1 unspecified atom stereocenters. The summed E-state index contributed by atoms with van der Waals surface area (Å²) in [6, 6.07) is 6.18. The molecule has 140 valence electrons. The molecule has 1 amide bonds. The first-order valence-corrected chi connectivity index (χ1v) is 9.68. The second-order valence-corrected chi connectivity index (χ2v) is 8.11. The van der Waals surface area contributed by atoms with Crippen LogP contribution in [0.3, 0.4) is 0 Å². The predicted octanol–water partition coefficient (Wildman–Crippen LogP) is 3.68. The molecule has 0 aliphatic heterocycles. The first-order chi connectivity index (χ1) is 12.9. The summed E-state index contributed by atoms with van der Waals surface area (Å²) in [5.41, 5.74) is 0.582. The van der Waals surface area contributed by atoms with E-state index in [0.717, 1.165) is 17.3 Å². The van der Waals surface area contributed by atoms with E-state index in [0.29, 0.717) is 28.5 Å². The van der Waals surface area contributed by atoms with Gasteiger partial charge in [-0.25, -0.2) is 0 Å². The van der Waals surface area contributed by atoms with Crippen molar-refractivity contribution >= 4 is 32.7 Å². The predicted molar refractivity (Wildman–Crippen MR) is 104 cm³/mol. The highest BCUT2D eigenvalue weighted by Crippen LogP contribution is 2.38. The van der Waals surface area contributed by atoms with E-state index in [9.17, 15) is 9.59 Å². The van der Waals surface area contributed by atoms with Gasteiger partial charge in [0.2, 0.25) is 5.89 Å². The maximum atomic E-state index is 12.8. The molecule has 7 nitrogen and oxygen atoms in total. The summed E-state index contributed by atoms with van der Waals surface area (Å²) in [6.45, 7) is 3.93. The lowest BCUT2D eigenvalue weighted by Crippen LogP contribution is -2.33. The Morgan fingerprint density at radius 1 is 1.33 bits per heavy atom. The van der Waals surface area contributed by atoms with Gasteiger partial charge in [0, 0.05) is 27.4 Å². The van der Waals surface area contributed by atoms with Crippen molar-refractivity contribution in [3.63, 3.8) is 0 Å². The van der Waals surface area contributed by atoms with Crippen molar-refractivity contribution in [2.75, 3.05) is 0 Å². The molecule has 1 aliphatic carbocycles. The summed E-state index contributed by atoms with van der Waals surface area (Å²) in [4.78, 5) is 32.6. The van der Waals surface area contributed by atoms with Crippen LogP contribution in [0.1, 0.15) is 60.9 Å². The van der Waals surface area contributed by atoms with Gasteiger partial charge in [0.05, 0.1) is 0 Å². The number of benzene rings is 1. The maximum absolute atomic E-state index is 12.8. The highest BCUT2D eigenvalue weighted by Gasteiger charge is 2.31. The van der Waals surface area contributed by atoms with E-state index in [-0.39, 0.29) is 22.9 Å². The number of hydrogen-bond donors (Lipinski definition) is 2. The third kappa shape index (κ3) is 3.66. The van der Waals surface area contributed by atoms with Crippen molar-refractivity contribution in [3.8, 4) is 0 Å². The van der Waals surface area contributed by atoms with Crippen molar-refractivity contribution in [3.05, 3.63) is 56.4 Å². The lowest BCUT2D eigenvalue weighted by atomic mass is 10.0. The van der Waals surface area contributed by atoms with Gasteiger partial charge in [0.25, 0.3) is 5.91 Å². The lowest BCUT2D eigenvalue weighted by Gasteiger charge is -2.18. The van der Waals surface area contributed by atoms with Crippen molar-refractivity contribution < 1.29 is 9.32 Å². The van der Waals surface area contributed by atoms with E-state index >= 15 is 0 Å². The maximum Gasteiger partial charge on any atom is 0.268 e. The van der Waals surface area contributed by atoms with Gasteiger partial charge in [-0.3, -0.25) is 9.59 Å². The molecule has 4 rings (SSSR count). The average Bonchev–Trinajstić information content (AvgIpc) is 3.37. The highest BCUT2D eigenvalue weighted by atomic mass is 79.9. The minimum absolute atomic E-state index is 0.0459. The van der Waals surface area contributed by atoms with Crippen LogP contribution >= 0.6 is 15.9 Å². The Morgan fingerprint density at radius 3 is 2.81 bits per heavy atom. The molecule has 1 aliphatic rings. The molecule has 3 aromatic rings. The van der Waals surface area contributed by atoms with Gasteiger partial charge >= 0.3 is 0 Å². The van der Waals surface area contributed by atoms with Crippen molar-refractivity contribution in [1.29, 1.82) is 0 Å². The van der Waals surface area contributed by atoms with Gasteiger partial charge in [-0.15, -0.1) is 0 Å². The third-order valence-corrected chi connectivity index (χ3v) is 5.15. The second kappa shape index (κ2) is 6.92. The van der Waals surface area contributed by atoms with E-state index in [4.69, 9.17) is 4.52 Å². The number of fused-ring (bicyclic) bond motifs is 1. The minimum Gasteiger partial charge on any atom is -0.350 e. The second-order valence-electron chi connectivity index (χ2n) is 7.20. The normalized spacial score (nSPS) is 15.3. The molecule has 1 aromatic carbocycles. The standard InChI is InChI=1S/C19H19BrN4O3/c1-9(2)16(19-23-17(24-27-19)10-3-4-10)22-18(26)14-8-15(25)12-7-11(20)5-6-13(12)21-14/h5-10,16H,3-4H2,1-2H3,(H,21,25)(H,22,26). The Hall–Kier alpha value is -2.48. The quantitative estimate of drug-likeness (QED) is 0.642. The van der Waals surface area contributed by atoms with E-state index in [1.165, 1.54) is 6.07 Å². The fourth-order valence-corrected chi connectivity index (χ4v) is 3.32. The minimum atomic E-state index is -0.429. The van der Waals surface area contributed by atoms with Crippen LogP contribution in [0.5, 0.6) is 0 Å². The van der Waals surface area contributed by atoms with Crippen LogP contribution in [0.4, 0.5) is 0 Å². The number of pyridine rings is 1. The number of carbonyl (C=O) groups is 1. The Bertz CT molecular complexity index is 1070. The number of H-pyrrole nitrogens is 1. The molecular weight excluding hydrogens is 412 g/mol. The molecule has 0 saturated heterocycles. The lowest BCUT2D eigenvalue weighted by molar-refractivity contribution is 0.0909. The van der Waals surface area contributed by atoms with Crippen molar-refractivity contribution in [1.82, 2.24) is 20.4 Å². The number of aromatic nitrogens is 3. The van der Waals surface area contributed by atoms with E-state index < -0.39 is 6.04 Å². The average molecular weight is 431 g/mol. The van der Waals surface area contributed by atoms with Crippen LogP contribution in [0.2, 0.25) is 0 Å². The molecule has 8 heteroatoms. The van der Waals surface area contributed by atoms with Crippen LogP contribution in [0, 0.1) is 5.92 Å². The summed E-state index contributed by atoms with van der Waals surface area (Å²) >= 11 is 3.35. The number of halogens is 1. The summed E-state index contributed by atoms with van der Waals surface area (Å²) in [5, 5.41) is 7.46. The number of rotatable bonds is 5. The van der Waals surface area contributed by atoms with E-state index in [1.54, 1.807) is 12.1 Å². The smallest absolute Gasteiger partial charge is 0.268 e. The Morgan fingerprint density at radius 2 is 2.11 bits per heavy atom. The Balaban J connectivity index is 1.61. The molecule has 1 atom stereocenters. The van der Waals surface area contributed by atoms with Gasteiger partial charge in [0.1, 0.15) is 11.7 Å². The van der Waals surface area contributed by atoms with Crippen LogP contribution in [0.25, 0.3) is 10.9 Å². The Labute approximate surface area is 163 Å². The summed E-state index contributed by atoms with van der Waals surface area (Å²) in [7, 11) is 0. The first-order valence-electron chi connectivity index (χ1n) is 8.89. The first kappa shape index (κ1) is 17.9. The van der Waals surface area contributed by atoms with Crippen LogP contribution in [-0.4, -0.2) is 21.0 Å². The van der Waals surface area contributed by atoms with Crippen LogP contribution < -0.4 is 10.7 Å². The SMILES string of the molecule is CC(C)C(NC(=O)c1cc(=O)c2cc(Br)ccc2[nH]1)c1nc(C2CC2)no1. The van der Waals surface area contributed by atoms with Gasteiger partial charge in [0.15, 0.2) is 11.3 Å². The number of nitrogens with one attached hydrogen (secondary N) is 2. The molecule has 2 aromatic heterocycles. The molecule has 0 bridgehead atoms.